The van der Waals surface area contributed by atoms with Crippen molar-refractivity contribution in [1.29, 1.82) is 0 Å². The van der Waals surface area contributed by atoms with Gasteiger partial charge in [0, 0.05) is 6.42 Å². The smallest absolute Gasteiger partial charge is 0.310 e. The van der Waals surface area contributed by atoms with E-state index in [1.807, 2.05) is 0 Å². The average Bonchev–Trinajstić information content (AvgIpc) is 2.43. The molecule has 1 aromatic carbocycles. The Balaban J connectivity index is 1.79. The summed E-state index contributed by atoms with van der Waals surface area (Å²) in [7, 11) is 0. The van der Waals surface area contributed by atoms with Gasteiger partial charge in [0.2, 0.25) is 5.91 Å². The Morgan fingerprint density at radius 2 is 2.09 bits per heavy atom. The highest BCUT2D eigenvalue weighted by atomic mass is 19.1. The lowest BCUT2D eigenvalue weighted by Gasteiger charge is -2.37. The van der Waals surface area contributed by atoms with Crippen LogP contribution in [0.4, 0.5) is 4.39 Å². The molecule has 120 valence electrons. The number of rotatable bonds is 7. The highest BCUT2D eigenvalue weighted by Gasteiger charge is 2.45. The molecule has 0 radical (unpaired) electrons. The Morgan fingerprint density at radius 1 is 1.41 bits per heavy atom. The number of para-hydroxylation sites is 1. The molecule has 2 rings (SSSR count). The van der Waals surface area contributed by atoms with Crippen LogP contribution in [0.1, 0.15) is 32.6 Å². The van der Waals surface area contributed by atoms with Crippen molar-refractivity contribution in [3.05, 3.63) is 30.1 Å². The van der Waals surface area contributed by atoms with Gasteiger partial charge in [-0.15, -0.1) is 0 Å². The van der Waals surface area contributed by atoms with Crippen LogP contribution in [-0.4, -0.2) is 29.6 Å². The van der Waals surface area contributed by atoms with Crippen LogP contribution in [-0.2, 0) is 9.59 Å². The van der Waals surface area contributed by atoms with Gasteiger partial charge in [-0.1, -0.05) is 18.6 Å². The largest absolute Gasteiger partial charge is 0.486 e. The van der Waals surface area contributed by atoms with E-state index in [9.17, 15) is 19.1 Å². The zero-order valence-electron chi connectivity index (χ0n) is 12.5. The Bertz CT molecular complexity index is 557. The Morgan fingerprint density at radius 3 is 2.64 bits per heavy atom. The van der Waals surface area contributed by atoms with Gasteiger partial charge in [0.1, 0.15) is 6.10 Å². The SMILES string of the molecule is CC(CNC(=O)CC1(C(=O)O)CCC1)Oc1ccccc1F. The standard InChI is InChI=1S/C16H20FNO4/c1-11(22-13-6-3-2-5-12(13)17)10-18-14(19)9-16(15(20)21)7-4-8-16/h2-3,5-6,11H,4,7-10H2,1H3,(H,18,19)(H,20,21). The van der Waals surface area contributed by atoms with E-state index in [1.165, 1.54) is 12.1 Å². The summed E-state index contributed by atoms with van der Waals surface area (Å²) in [6.45, 7) is 1.91. The topological polar surface area (TPSA) is 75.6 Å². The first kappa shape index (κ1) is 16.3. The predicted octanol–water partition coefficient (Wildman–Crippen LogP) is 2.35. The highest BCUT2D eigenvalue weighted by molar-refractivity contribution is 5.85. The maximum atomic E-state index is 13.4. The molecular weight excluding hydrogens is 289 g/mol. The average molecular weight is 309 g/mol. The number of aliphatic carboxylic acids is 1. The zero-order chi connectivity index (χ0) is 16.2. The molecule has 22 heavy (non-hydrogen) atoms. The predicted molar refractivity (Wildman–Crippen MR) is 78.0 cm³/mol. The maximum absolute atomic E-state index is 13.4. The third-order valence-electron chi connectivity index (χ3n) is 4.01. The molecule has 5 nitrogen and oxygen atoms in total. The second-order valence-electron chi connectivity index (χ2n) is 5.78. The molecular formula is C16H20FNO4. The summed E-state index contributed by atoms with van der Waals surface area (Å²) >= 11 is 0. The molecule has 0 aliphatic heterocycles. The van der Waals surface area contributed by atoms with E-state index in [4.69, 9.17) is 4.74 Å². The Labute approximate surface area is 128 Å². The van der Waals surface area contributed by atoms with Gasteiger partial charge in [-0.3, -0.25) is 9.59 Å². The molecule has 1 atom stereocenters. The number of halogens is 1. The number of hydrogen-bond acceptors (Lipinski definition) is 3. The number of hydrogen-bond donors (Lipinski definition) is 2. The molecule has 1 unspecified atom stereocenters. The van der Waals surface area contributed by atoms with Crippen LogP contribution < -0.4 is 10.1 Å². The summed E-state index contributed by atoms with van der Waals surface area (Å²) < 4.78 is 18.8. The van der Waals surface area contributed by atoms with Crippen molar-refractivity contribution >= 4 is 11.9 Å². The highest BCUT2D eigenvalue weighted by Crippen LogP contribution is 2.44. The molecule has 0 spiro atoms. The minimum Gasteiger partial charge on any atom is -0.486 e. The van der Waals surface area contributed by atoms with E-state index >= 15 is 0 Å². The number of carboxylic acids is 1. The Kier molecular flexibility index (Phi) is 5.00. The van der Waals surface area contributed by atoms with Crippen LogP contribution in [0, 0.1) is 11.2 Å². The fraction of sp³-hybridized carbons (Fsp3) is 0.500. The molecule has 2 N–H and O–H groups in total. The van der Waals surface area contributed by atoms with Crippen LogP contribution in [0.15, 0.2) is 24.3 Å². The number of amides is 1. The van der Waals surface area contributed by atoms with Crippen LogP contribution in [0.2, 0.25) is 0 Å². The molecule has 1 fully saturated rings. The van der Waals surface area contributed by atoms with E-state index in [-0.39, 0.29) is 24.6 Å². The van der Waals surface area contributed by atoms with E-state index in [0.717, 1.165) is 6.42 Å². The number of nitrogens with one attached hydrogen (secondary N) is 1. The van der Waals surface area contributed by atoms with Crippen molar-refractivity contribution in [2.24, 2.45) is 5.41 Å². The van der Waals surface area contributed by atoms with Crippen molar-refractivity contribution in [1.82, 2.24) is 5.32 Å². The number of carboxylic acid groups (broad SMARTS) is 1. The van der Waals surface area contributed by atoms with Crippen LogP contribution >= 0.6 is 0 Å². The van der Waals surface area contributed by atoms with Crippen molar-refractivity contribution in [3.8, 4) is 5.75 Å². The molecule has 1 aromatic rings. The fourth-order valence-electron chi connectivity index (χ4n) is 2.50. The van der Waals surface area contributed by atoms with Crippen LogP contribution in [0.3, 0.4) is 0 Å². The maximum Gasteiger partial charge on any atom is 0.310 e. The minimum atomic E-state index is -0.912. The van der Waals surface area contributed by atoms with E-state index in [2.05, 4.69) is 5.32 Å². The number of carbonyl (C=O) groups is 2. The lowest BCUT2D eigenvalue weighted by molar-refractivity contribution is -0.157. The number of benzene rings is 1. The van der Waals surface area contributed by atoms with Crippen molar-refractivity contribution in [2.45, 2.75) is 38.7 Å². The third-order valence-corrected chi connectivity index (χ3v) is 4.01. The van der Waals surface area contributed by atoms with Gasteiger partial charge >= 0.3 is 5.97 Å². The lowest BCUT2D eigenvalue weighted by Crippen LogP contribution is -2.44. The third kappa shape index (κ3) is 3.75. The summed E-state index contributed by atoms with van der Waals surface area (Å²) in [6, 6.07) is 6.05. The molecule has 0 saturated heterocycles. The normalized spacial score (nSPS) is 17.2. The molecule has 1 saturated carbocycles. The molecule has 0 heterocycles. The van der Waals surface area contributed by atoms with Gasteiger partial charge in [0.05, 0.1) is 12.0 Å². The fourth-order valence-corrected chi connectivity index (χ4v) is 2.50. The quantitative estimate of drug-likeness (QED) is 0.810. The first-order valence-electron chi connectivity index (χ1n) is 7.34. The molecule has 6 heteroatoms. The minimum absolute atomic E-state index is 0.0191. The first-order chi connectivity index (χ1) is 10.4. The van der Waals surface area contributed by atoms with Gasteiger partial charge < -0.3 is 15.2 Å². The van der Waals surface area contributed by atoms with Crippen molar-refractivity contribution in [2.75, 3.05) is 6.54 Å². The van der Waals surface area contributed by atoms with Crippen molar-refractivity contribution < 1.29 is 23.8 Å². The van der Waals surface area contributed by atoms with E-state index < -0.39 is 23.3 Å². The summed E-state index contributed by atoms with van der Waals surface area (Å²) in [6.07, 6.45) is 1.48. The molecule has 0 aromatic heterocycles. The molecule has 1 aliphatic rings. The van der Waals surface area contributed by atoms with E-state index in [1.54, 1.807) is 19.1 Å². The van der Waals surface area contributed by atoms with Gasteiger partial charge in [0.25, 0.3) is 0 Å². The molecule has 1 aliphatic carbocycles. The number of ether oxygens (including phenoxy) is 1. The monoisotopic (exact) mass is 309 g/mol. The summed E-state index contributed by atoms with van der Waals surface area (Å²) in [5.74, 6) is -1.55. The number of carbonyl (C=O) groups excluding carboxylic acids is 1. The molecule has 0 bridgehead atoms. The van der Waals surface area contributed by atoms with Gasteiger partial charge in [0.15, 0.2) is 11.6 Å². The summed E-state index contributed by atoms with van der Waals surface area (Å²) in [5.41, 5.74) is -0.903. The second kappa shape index (κ2) is 6.77. The Hall–Kier alpha value is -2.11. The van der Waals surface area contributed by atoms with E-state index in [0.29, 0.717) is 12.8 Å². The summed E-state index contributed by atoms with van der Waals surface area (Å²) in [4.78, 5) is 23.1. The van der Waals surface area contributed by atoms with Gasteiger partial charge in [-0.05, 0) is 31.9 Å². The summed E-state index contributed by atoms with van der Waals surface area (Å²) in [5, 5.41) is 11.8. The van der Waals surface area contributed by atoms with Gasteiger partial charge in [-0.25, -0.2) is 4.39 Å². The lowest BCUT2D eigenvalue weighted by atomic mass is 9.66. The van der Waals surface area contributed by atoms with Crippen molar-refractivity contribution in [3.63, 3.8) is 0 Å². The van der Waals surface area contributed by atoms with Crippen LogP contribution in [0.5, 0.6) is 5.75 Å². The van der Waals surface area contributed by atoms with Crippen LogP contribution in [0.25, 0.3) is 0 Å². The first-order valence-corrected chi connectivity index (χ1v) is 7.34. The molecule has 1 amide bonds. The van der Waals surface area contributed by atoms with Gasteiger partial charge in [-0.2, -0.15) is 0 Å². The zero-order valence-corrected chi connectivity index (χ0v) is 12.5. The second-order valence-corrected chi connectivity index (χ2v) is 5.78.